The van der Waals surface area contributed by atoms with Crippen LogP contribution in [-0.2, 0) is 27.5 Å². The molecule has 170 valence electrons. The van der Waals surface area contributed by atoms with Gasteiger partial charge in [-0.3, -0.25) is 4.79 Å². The average molecular weight is 440 g/mol. The average Bonchev–Trinajstić information content (AvgIpc) is 3.09. The van der Waals surface area contributed by atoms with Crippen LogP contribution in [-0.4, -0.2) is 44.2 Å². The molecule has 0 atom stereocenters. The molecule has 0 fully saturated rings. The molecule has 0 saturated heterocycles. The smallest absolute Gasteiger partial charge is 0.273 e. The van der Waals surface area contributed by atoms with Crippen LogP contribution < -0.4 is 14.8 Å². The van der Waals surface area contributed by atoms with Gasteiger partial charge in [-0.05, 0) is 38.5 Å². The summed E-state index contributed by atoms with van der Waals surface area (Å²) >= 11 is 0. The molecule has 0 unspecified atom stereocenters. The van der Waals surface area contributed by atoms with E-state index in [2.05, 4.69) is 21.7 Å². The van der Waals surface area contributed by atoms with Crippen molar-refractivity contribution in [2.75, 3.05) is 21.3 Å². The minimum Gasteiger partial charge on any atom is -0.485 e. The van der Waals surface area contributed by atoms with Crippen molar-refractivity contribution in [2.24, 2.45) is 10.3 Å². The lowest BCUT2D eigenvalue weighted by molar-refractivity contribution is -0.114. The van der Waals surface area contributed by atoms with Crippen molar-refractivity contribution in [3.8, 4) is 11.5 Å². The Morgan fingerprint density at radius 2 is 1.88 bits per heavy atom. The highest BCUT2D eigenvalue weighted by atomic mass is 16.6. The van der Waals surface area contributed by atoms with Crippen LogP contribution in [0.15, 0.2) is 46.7 Å². The van der Waals surface area contributed by atoms with Gasteiger partial charge in [-0.25, -0.2) is 0 Å². The van der Waals surface area contributed by atoms with Crippen LogP contribution in [0.25, 0.3) is 0 Å². The van der Waals surface area contributed by atoms with E-state index in [1.165, 1.54) is 14.2 Å². The molecular formula is C24H29N3O5. The highest BCUT2D eigenvalue weighted by Gasteiger charge is 2.33. The molecule has 2 aromatic carbocycles. The number of hydrogen-bond acceptors (Lipinski definition) is 7. The van der Waals surface area contributed by atoms with Crippen molar-refractivity contribution in [1.82, 2.24) is 5.32 Å². The fraction of sp³-hybridized carbons (Fsp3) is 0.375. The van der Waals surface area contributed by atoms with Gasteiger partial charge in [0, 0.05) is 30.2 Å². The Morgan fingerprint density at radius 3 is 2.56 bits per heavy atom. The maximum atomic E-state index is 12.3. The molecule has 1 aliphatic rings. The lowest BCUT2D eigenvalue weighted by Gasteiger charge is -2.19. The lowest BCUT2D eigenvalue weighted by atomic mass is 9.98. The summed E-state index contributed by atoms with van der Waals surface area (Å²) in [4.78, 5) is 22.2. The Bertz CT molecular complexity index is 1060. The third-order valence-electron chi connectivity index (χ3n) is 5.05. The first kappa shape index (κ1) is 23.1. The van der Waals surface area contributed by atoms with E-state index in [-0.39, 0.29) is 23.8 Å². The number of nitrogens with zero attached hydrogens (tertiary/aromatic N) is 2. The minimum atomic E-state index is -0.348. The molecule has 8 nitrogen and oxygen atoms in total. The Balaban J connectivity index is 1.97. The first-order valence-electron chi connectivity index (χ1n) is 10.3. The van der Waals surface area contributed by atoms with Crippen molar-refractivity contribution < 1.29 is 23.9 Å². The van der Waals surface area contributed by atoms with Crippen molar-refractivity contribution in [3.63, 3.8) is 0 Å². The zero-order valence-electron chi connectivity index (χ0n) is 19.3. The molecule has 0 bridgehead atoms. The number of hydrogen-bond donors (Lipinski definition) is 1. The van der Waals surface area contributed by atoms with Gasteiger partial charge in [0.15, 0.2) is 17.2 Å². The quantitative estimate of drug-likeness (QED) is 0.503. The van der Waals surface area contributed by atoms with Crippen LogP contribution in [0.5, 0.6) is 11.5 Å². The number of carbonyl (C=O) groups excluding carboxylic acids is 1. The van der Waals surface area contributed by atoms with Crippen LogP contribution in [0.4, 0.5) is 0 Å². The number of fused-ring (bicyclic) bond motifs is 1. The number of nitrogens with one attached hydrogen (secondary N) is 1. The number of likely N-dealkylation sites (N-methyl/N-ethyl adjacent to an activating group) is 1. The number of benzene rings is 2. The summed E-state index contributed by atoms with van der Waals surface area (Å²) in [6.45, 7) is 6.16. The van der Waals surface area contributed by atoms with Gasteiger partial charge in [0.1, 0.15) is 26.4 Å². The molecule has 8 heteroatoms. The summed E-state index contributed by atoms with van der Waals surface area (Å²) in [6, 6.07) is 11.4. The van der Waals surface area contributed by atoms with Crippen molar-refractivity contribution in [2.45, 2.75) is 39.4 Å². The predicted molar refractivity (Wildman–Crippen MR) is 122 cm³/mol. The number of oxime groups is 2. The predicted octanol–water partition coefficient (Wildman–Crippen LogP) is 3.45. The number of amides is 1. The van der Waals surface area contributed by atoms with Gasteiger partial charge >= 0.3 is 0 Å². The van der Waals surface area contributed by atoms with E-state index < -0.39 is 0 Å². The Labute approximate surface area is 188 Å². The number of rotatable bonds is 8. The van der Waals surface area contributed by atoms with Gasteiger partial charge in [0.25, 0.3) is 5.91 Å². The molecule has 0 saturated carbocycles. The van der Waals surface area contributed by atoms with E-state index in [0.717, 1.165) is 34.6 Å². The van der Waals surface area contributed by atoms with Crippen LogP contribution in [0.1, 0.15) is 43.0 Å². The molecule has 0 aromatic heterocycles. The van der Waals surface area contributed by atoms with Crippen molar-refractivity contribution in [3.05, 3.63) is 58.7 Å². The van der Waals surface area contributed by atoms with Gasteiger partial charge in [0.2, 0.25) is 0 Å². The van der Waals surface area contributed by atoms with Gasteiger partial charge in [0.05, 0.1) is 5.71 Å². The zero-order chi connectivity index (χ0) is 23.3. The largest absolute Gasteiger partial charge is 0.485 e. The van der Waals surface area contributed by atoms with Gasteiger partial charge in [-0.1, -0.05) is 34.6 Å². The van der Waals surface area contributed by atoms with Crippen molar-refractivity contribution >= 4 is 17.3 Å². The van der Waals surface area contributed by atoms with E-state index in [1.54, 1.807) is 7.05 Å². The summed E-state index contributed by atoms with van der Waals surface area (Å²) in [6.07, 6.45) is 0.755. The van der Waals surface area contributed by atoms with Crippen LogP contribution in [0.3, 0.4) is 0 Å². The topological polar surface area (TPSA) is 90.7 Å². The van der Waals surface area contributed by atoms with E-state index >= 15 is 0 Å². The van der Waals surface area contributed by atoms with E-state index in [1.807, 2.05) is 51.1 Å². The zero-order valence-corrected chi connectivity index (χ0v) is 19.3. The molecule has 1 heterocycles. The SMILES string of the molecule is CNC(=O)/C(=N/OC)c1ccccc1COc1cc(/C(C)=N/OC)cc2c1OC(C)(C)C2. The highest BCUT2D eigenvalue weighted by molar-refractivity contribution is 6.45. The van der Waals surface area contributed by atoms with E-state index in [0.29, 0.717) is 11.3 Å². The summed E-state index contributed by atoms with van der Waals surface area (Å²) in [5.74, 6) is 0.978. The number of carbonyl (C=O) groups is 1. The fourth-order valence-electron chi connectivity index (χ4n) is 3.64. The fourth-order valence-corrected chi connectivity index (χ4v) is 3.64. The molecule has 2 aromatic rings. The Hall–Kier alpha value is -3.55. The van der Waals surface area contributed by atoms with E-state index in [9.17, 15) is 4.79 Å². The second kappa shape index (κ2) is 9.72. The summed E-state index contributed by atoms with van der Waals surface area (Å²) in [5, 5.41) is 10.5. The summed E-state index contributed by atoms with van der Waals surface area (Å²) < 4.78 is 12.4. The molecule has 0 spiro atoms. The van der Waals surface area contributed by atoms with Crippen LogP contribution in [0.2, 0.25) is 0 Å². The molecule has 1 aliphatic heterocycles. The minimum absolute atomic E-state index is 0.175. The highest BCUT2D eigenvalue weighted by Crippen LogP contribution is 2.43. The molecule has 1 amide bonds. The number of ether oxygens (including phenoxy) is 2. The Kier molecular flexibility index (Phi) is 7.02. The van der Waals surface area contributed by atoms with Crippen molar-refractivity contribution in [1.29, 1.82) is 0 Å². The molecular weight excluding hydrogens is 410 g/mol. The summed E-state index contributed by atoms with van der Waals surface area (Å²) in [7, 11) is 4.47. The van der Waals surface area contributed by atoms with E-state index in [4.69, 9.17) is 19.1 Å². The Morgan fingerprint density at radius 1 is 1.16 bits per heavy atom. The summed E-state index contributed by atoms with van der Waals surface area (Å²) in [5.41, 5.74) is 3.93. The molecule has 32 heavy (non-hydrogen) atoms. The standard InChI is InChI=1S/C24H29N3O5/c1-15(26-29-5)17-11-18-13-24(2,3)32-22(18)20(12-17)31-14-16-9-7-8-10-19(16)21(27-30-6)23(28)25-4/h7-12H,13-14H2,1-6H3,(H,25,28)/b26-15+,27-21+. The molecule has 1 N–H and O–H groups in total. The second-order valence-corrected chi connectivity index (χ2v) is 8.01. The van der Waals surface area contributed by atoms with Gasteiger partial charge in [-0.2, -0.15) is 0 Å². The molecule has 0 radical (unpaired) electrons. The maximum absolute atomic E-state index is 12.3. The molecule has 3 rings (SSSR count). The first-order valence-corrected chi connectivity index (χ1v) is 10.3. The van der Waals surface area contributed by atoms with Crippen LogP contribution in [0, 0.1) is 0 Å². The normalized spacial score (nSPS) is 14.9. The van der Waals surface area contributed by atoms with Crippen LogP contribution >= 0.6 is 0 Å². The molecule has 0 aliphatic carbocycles. The third kappa shape index (κ3) is 5.01. The maximum Gasteiger partial charge on any atom is 0.273 e. The van der Waals surface area contributed by atoms with Gasteiger partial charge in [-0.15, -0.1) is 0 Å². The monoisotopic (exact) mass is 439 g/mol. The van der Waals surface area contributed by atoms with Gasteiger partial charge < -0.3 is 24.5 Å². The first-order chi connectivity index (χ1) is 15.3. The third-order valence-corrected chi connectivity index (χ3v) is 5.05. The lowest BCUT2D eigenvalue weighted by Crippen LogP contribution is -2.29. The second-order valence-electron chi connectivity index (χ2n) is 8.01.